The van der Waals surface area contributed by atoms with Gasteiger partial charge in [0.05, 0.1) is 12.5 Å². The predicted molar refractivity (Wildman–Crippen MR) is 51.1 cm³/mol. The molecule has 0 spiro atoms. The minimum absolute atomic E-state index is 0.171. The van der Waals surface area contributed by atoms with Crippen LogP contribution in [0.2, 0.25) is 5.15 Å². The summed E-state index contributed by atoms with van der Waals surface area (Å²) in [5.74, 6) is 0.0251. The van der Waals surface area contributed by atoms with Gasteiger partial charge in [-0.05, 0) is 12.1 Å². The molecule has 14 heavy (non-hydrogen) atoms. The number of nitrogens with zero attached hydrogens (tertiary/aromatic N) is 2. The highest BCUT2D eigenvalue weighted by Gasteiger charge is 2.11. The molecule has 0 N–H and O–H groups in total. The molecule has 1 aromatic heterocycles. The molecule has 0 amide bonds. The maximum atomic E-state index is 13.3. The second-order valence-electron chi connectivity index (χ2n) is 2.64. The Balaban J connectivity index is 2.92. The first-order valence-electron chi connectivity index (χ1n) is 3.86. The van der Waals surface area contributed by atoms with Crippen LogP contribution in [0, 0.1) is 5.82 Å². The molecule has 0 unspecified atom stereocenters. The molecule has 0 saturated carbocycles. The van der Waals surface area contributed by atoms with Gasteiger partial charge in [0.1, 0.15) is 28.6 Å². The van der Waals surface area contributed by atoms with Crippen LogP contribution in [0.3, 0.4) is 0 Å². The smallest absolute Gasteiger partial charge is 0.149 e. The zero-order valence-electron chi connectivity index (χ0n) is 7.29. The summed E-state index contributed by atoms with van der Waals surface area (Å²) in [5.41, 5.74) is 0.171. The van der Waals surface area contributed by atoms with E-state index in [9.17, 15) is 4.39 Å². The van der Waals surface area contributed by atoms with Crippen molar-refractivity contribution in [3.63, 3.8) is 0 Å². The molecule has 0 radical (unpaired) electrons. The van der Waals surface area contributed by atoms with Crippen LogP contribution in [0.1, 0.15) is 0 Å². The third kappa shape index (κ3) is 1.28. The molecule has 0 bridgehead atoms. The SMILES string of the molecule is COc1ccc(F)c2ncnc(Cl)c12. The quantitative estimate of drug-likeness (QED) is 0.681. The van der Waals surface area contributed by atoms with Gasteiger partial charge in [-0.3, -0.25) is 0 Å². The first kappa shape index (κ1) is 9.15. The van der Waals surface area contributed by atoms with Crippen LogP contribution in [0.5, 0.6) is 5.75 Å². The average Bonchev–Trinajstić information content (AvgIpc) is 2.20. The molecule has 0 fully saturated rings. The number of hydrogen-bond donors (Lipinski definition) is 0. The molecule has 0 aliphatic rings. The molecule has 2 aromatic rings. The van der Waals surface area contributed by atoms with Crippen molar-refractivity contribution in [1.29, 1.82) is 0 Å². The number of benzene rings is 1. The minimum atomic E-state index is -0.440. The Bertz CT molecular complexity index is 489. The van der Waals surface area contributed by atoms with Gasteiger partial charge in [-0.15, -0.1) is 0 Å². The van der Waals surface area contributed by atoms with E-state index in [4.69, 9.17) is 16.3 Å². The fraction of sp³-hybridized carbons (Fsp3) is 0.111. The molecule has 3 nitrogen and oxygen atoms in total. The summed E-state index contributed by atoms with van der Waals surface area (Å²) in [4.78, 5) is 7.56. The van der Waals surface area contributed by atoms with E-state index in [1.165, 1.54) is 25.6 Å². The van der Waals surface area contributed by atoms with E-state index in [-0.39, 0.29) is 10.7 Å². The van der Waals surface area contributed by atoms with E-state index in [1.54, 1.807) is 0 Å². The molecule has 0 saturated heterocycles. The highest BCUT2D eigenvalue weighted by Crippen LogP contribution is 2.30. The summed E-state index contributed by atoms with van der Waals surface area (Å²) < 4.78 is 18.3. The second kappa shape index (κ2) is 3.38. The van der Waals surface area contributed by atoms with Crippen LogP contribution in [0.15, 0.2) is 18.5 Å². The molecule has 0 aliphatic carbocycles. The van der Waals surface area contributed by atoms with E-state index in [2.05, 4.69) is 9.97 Å². The maximum Gasteiger partial charge on any atom is 0.149 e. The lowest BCUT2D eigenvalue weighted by Gasteiger charge is -2.05. The van der Waals surface area contributed by atoms with Gasteiger partial charge >= 0.3 is 0 Å². The van der Waals surface area contributed by atoms with Gasteiger partial charge in [0.25, 0.3) is 0 Å². The first-order valence-corrected chi connectivity index (χ1v) is 4.24. The number of halogens is 2. The Morgan fingerprint density at radius 1 is 1.36 bits per heavy atom. The van der Waals surface area contributed by atoms with Crippen molar-refractivity contribution < 1.29 is 9.13 Å². The fourth-order valence-electron chi connectivity index (χ4n) is 1.24. The van der Waals surface area contributed by atoms with Gasteiger partial charge in [-0.25, -0.2) is 14.4 Å². The summed E-state index contributed by atoms with van der Waals surface area (Å²) in [6, 6.07) is 2.78. The van der Waals surface area contributed by atoms with E-state index in [0.717, 1.165) is 0 Å². The number of fused-ring (bicyclic) bond motifs is 1. The van der Waals surface area contributed by atoms with Gasteiger partial charge < -0.3 is 4.74 Å². The zero-order chi connectivity index (χ0) is 10.1. The Kier molecular flexibility index (Phi) is 2.21. The molecule has 0 atom stereocenters. The third-order valence-corrected chi connectivity index (χ3v) is 2.16. The monoisotopic (exact) mass is 212 g/mol. The normalized spacial score (nSPS) is 10.5. The van der Waals surface area contributed by atoms with Crippen molar-refractivity contribution in [2.24, 2.45) is 0 Å². The summed E-state index contributed by atoms with van der Waals surface area (Å²) in [6.45, 7) is 0. The molecular formula is C9H6ClFN2O. The second-order valence-corrected chi connectivity index (χ2v) is 3.00. The lowest BCUT2D eigenvalue weighted by Crippen LogP contribution is -1.92. The van der Waals surface area contributed by atoms with Gasteiger partial charge in [0.2, 0.25) is 0 Å². The topological polar surface area (TPSA) is 35.0 Å². The maximum absolute atomic E-state index is 13.3. The van der Waals surface area contributed by atoms with Crippen molar-refractivity contribution in [3.8, 4) is 5.75 Å². The van der Waals surface area contributed by atoms with Crippen LogP contribution >= 0.6 is 11.6 Å². The lowest BCUT2D eigenvalue weighted by molar-refractivity contribution is 0.419. The Hall–Kier alpha value is -1.42. The molecule has 1 aromatic carbocycles. The zero-order valence-corrected chi connectivity index (χ0v) is 8.05. The number of rotatable bonds is 1. The van der Waals surface area contributed by atoms with Crippen molar-refractivity contribution in [3.05, 3.63) is 29.4 Å². The number of methoxy groups -OCH3 is 1. The van der Waals surface area contributed by atoms with E-state index in [0.29, 0.717) is 11.1 Å². The van der Waals surface area contributed by atoms with Gasteiger partial charge in [-0.2, -0.15) is 0 Å². The highest BCUT2D eigenvalue weighted by atomic mass is 35.5. The van der Waals surface area contributed by atoms with Crippen molar-refractivity contribution in [2.75, 3.05) is 7.11 Å². The first-order chi connectivity index (χ1) is 6.74. The number of aromatic nitrogens is 2. The van der Waals surface area contributed by atoms with Crippen molar-refractivity contribution >= 4 is 22.5 Å². The van der Waals surface area contributed by atoms with E-state index in [1.807, 2.05) is 0 Å². The molecule has 1 heterocycles. The van der Waals surface area contributed by atoms with Crippen molar-refractivity contribution in [2.45, 2.75) is 0 Å². The van der Waals surface area contributed by atoms with Crippen LogP contribution in [-0.2, 0) is 0 Å². The average molecular weight is 213 g/mol. The molecular weight excluding hydrogens is 207 g/mol. The van der Waals surface area contributed by atoms with Crippen LogP contribution < -0.4 is 4.74 Å². The number of hydrogen-bond acceptors (Lipinski definition) is 3. The lowest BCUT2D eigenvalue weighted by atomic mass is 10.2. The molecule has 5 heteroatoms. The van der Waals surface area contributed by atoms with Gasteiger partial charge in [0, 0.05) is 0 Å². The Morgan fingerprint density at radius 3 is 2.86 bits per heavy atom. The van der Waals surface area contributed by atoms with Crippen LogP contribution in [0.4, 0.5) is 4.39 Å². The standard InChI is InChI=1S/C9H6ClFN2O/c1-14-6-3-2-5(11)8-7(6)9(10)13-4-12-8/h2-4H,1H3. The Labute approximate surface area is 84.5 Å². The number of ether oxygens (including phenoxy) is 1. The molecule has 72 valence electrons. The van der Waals surface area contributed by atoms with Gasteiger partial charge in [0.15, 0.2) is 0 Å². The van der Waals surface area contributed by atoms with Crippen LogP contribution in [0.25, 0.3) is 10.9 Å². The van der Waals surface area contributed by atoms with E-state index < -0.39 is 5.82 Å². The largest absolute Gasteiger partial charge is 0.496 e. The summed E-state index contributed by atoms with van der Waals surface area (Å²) in [5, 5.41) is 0.586. The molecule has 2 rings (SSSR count). The summed E-state index contributed by atoms with van der Waals surface area (Å²) >= 11 is 5.82. The third-order valence-electron chi connectivity index (χ3n) is 1.87. The Morgan fingerprint density at radius 2 is 2.14 bits per heavy atom. The molecule has 0 aliphatic heterocycles. The van der Waals surface area contributed by atoms with Crippen LogP contribution in [-0.4, -0.2) is 17.1 Å². The highest BCUT2D eigenvalue weighted by molar-refractivity contribution is 6.34. The predicted octanol–water partition coefficient (Wildman–Crippen LogP) is 2.43. The van der Waals surface area contributed by atoms with E-state index >= 15 is 0 Å². The summed E-state index contributed by atoms with van der Waals surface area (Å²) in [6.07, 6.45) is 1.22. The van der Waals surface area contributed by atoms with Crippen molar-refractivity contribution in [1.82, 2.24) is 9.97 Å². The van der Waals surface area contributed by atoms with Gasteiger partial charge in [-0.1, -0.05) is 11.6 Å². The fourth-order valence-corrected chi connectivity index (χ4v) is 1.47. The summed E-state index contributed by atoms with van der Waals surface area (Å²) in [7, 11) is 1.48. The minimum Gasteiger partial charge on any atom is -0.496 e.